The van der Waals surface area contributed by atoms with Gasteiger partial charge in [-0.25, -0.2) is 18.2 Å². The van der Waals surface area contributed by atoms with Crippen LogP contribution >= 0.6 is 11.3 Å². The lowest BCUT2D eigenvalue weighted by Gasteiger charge is -2.32. The first-order valence-electron chi connectivity index (χ1n) is 7.94. The van der Waals surface area contributed by atoms with Gasteiger partial charge < -0.3 is 10.2 Å². The van der Waals surface area contributed by atoms with Gasteiger partial charge in [-0.3, -0.25) is 0 Å². The highest BCUT2D eigenvalue weighted by Gasteiger charge is 2.25. The first kappa shape index (κ1) is 18.2. The third-order valence-corrected chi connectivity index (χ3v) is 6.12. The zero-order valence-corrected chi connectivity index (χ0v) is 15.4. The molecule has 1 saturated heterocycles. The molecule has 0 aliphatic carbocycles. The monoisotopic (exact) mass is 359 g/mol. The molecule has 0 saturated carbocycles. The van der Waals surface area contributed by atoms with Crippen molar-refractivity contribution in [1.29, 1.82) is 0 Å². The predicted octanol–water partition coefficient (Wildman–Crippen LogP) is 1.85. The molecule has 0 bridgehead atoms. The minimum Gasteiger partial charge on any atom is -0.338 e. The number of nitrogens with one attached hydrogen (secondary N) is 1. The average molecular weight is 360 g/mol. The van der Waals surface area contributed by atoms with E-state index in [9.17, 15) is 13.2 Å². The fourth-order valence-corrected chi connectivity index (χ4v) is 4.89. The summed E-state index contributed by atoms with van der Waals surface area (Å²) in [6.45, 7) is 3.87. The van der Waals surface area contributed by atoms with Crippen LogP contribution in [0, 0.1) is 12.8 Å². The van der Waals surface area contributed by atoms with Gasteiger partial charge in [-0.2, -0.15) is 0 Å². The summed E-state index contributed by atoms with van der Waals surface area (Å²) in [4.78, 5) is 19.4. The highest BCUT2D eigenvalue weighted by Crippen LogP contribution is 2.18. The lowest BCUT2D eigenvalue weighted by Crippen LogP contribution is -2.46. The van der Waals surface area contributed by atoms with E-state index in [0.29, 0.717) is 19.6 Å². The summed E-state index contributed by atoms with van der Waals surface area (Å²) in [6.07, 6.45) is 4.81. The number of amides is 2. The van der Waals surface area contributed by atoms with Gasteiger partial charge in [0.2, 0.25) is 0 Å². The standard InChI is InChI=1S/C15H25N3O3S2/c1-12-14(22-11-17-12)6-3-7-16-15(19)18-8-4-5-13(9-18)10-23(2,20)21/h11,13H,3-10H2,1-2H3,(H,16,19)/t13-/m0/s1. The van der Waals surface area contributed by atoms with Crippen LogP contribution in [0.15, 0.2) is 5.51 Å². The minimum atomic E-state index is -2.99. The van der Waals surface area contributed by atoms with Gasteiger partial charge >= 0.3 is 6.03 Å². The summed E-state index contributed by atoms with van der Waals surface area (Å²) < 4.78 is 22.8. The fraction of sp³-hybridized carbons (Fsp3) is 0.733. The summed E-state index contributed by atoms with van der Waals surface area (Å²) in [5.41, 5.74) is 2.92. The van der Waals surface area contributed by atoms with Crippen molar-refractivity contribution in [2.75, 3.05) is 31.6 Å². The molecule has 0 radical (unpaired) electrons. The molecule has 2 heterocycles. The molecule has 1 fully saturated rings. The normalized spacial score (nSPS) is 18.9. The lowest BCUT2D eigenvalue weighted by molar-refractivity contribution is 0.170. The zero-order valence-electron chi connectivity index (χ0n) is 13.7. The molecule has 1 aromatic heterocycles. The second kappa shape index (κ2) is 8.10. The molecular formula is C15H25N3O3S2. The van der Waals surface area contributed by atoms with Crippen molar-refractivity contribution in [3.8, 4) is 0 Å². The fourth-order valence-electron chi connectivity index (χ4n) is 2.94. The van der Waals surface area contributed by atoms with Crippen LogP contribution in [0.4, 0.5) is 4.79 Å². The second-order valence-electron chi connectivity index (χ2n) is 6.24. The van der Waals surface area contributed by atoms with E-state index in [1.807, 2.05) is 12.4 Å². The Kier molecular flexibility index (Phi) is 6.41. The van der Waals surface area contributed by atoms with Crippen molar-refractivity contribution in [2.24, 2.45) is 5.92 Å². The SMILES string of the molecule is Cc1ncsc1CCCNC(=O)N1CCC[C@H](CS(C)(=O)=O)C1. The van der Waals surface area contributed by atoms with Gasteiger partial charge in [0, 0.05) is 30.8 Å². The second-order valence-corrected chi connectivity index (χ2v) is 9.37. The lowest BCUT2D eigenvalue weighted by atomic mass is 10.0. The number of urea groups is 1. The molecule has 0 spiro atoms. The molecule has 130 valence electrons. The van der Waals surface area contributed by atoms with Gasteiger partial charge in [-0.05, 0) is 38.5 Å². The van der Waals surface area contributed by atoms with Gasteiger partial charge in [0.1, 0.15) is 9.84 Å². The van der Waals surface area contributed by atoms with Gasteiger partial charge in [-0.1, -0.05) is 0 Å². The molecule has 2 amide bonds. The first-order chi connectivity index (χ1) is 10.8. The van der Waals surface area contributed by atoms with Gasteiger partial charge in [0.25, 0.3) is 0 Å². The van der Waals surface area contributed by atoms with Crippen LogP contribution in [0.2, 0.25) is 0 Å². The third kappa shape index (κ3) is 6.10. The maximum atomic E-state index is 12.2. The number of hydrogen-bond acceptors (Lipinski definition) is 5. The van der Waals surface area contributed by atoms with Crippen LogP contribution in [0.1, 0.15) is 29.8 Å². The molecule has 23 heavy (non-hydrogen) atoms. The average Bonchev–Trinajstić information content (AvgIpc) is 2.87. The Balaban J connectivity index is 1.71. The molecule has 1 atom stereocenters. The Morgan fingerprint density at radius 1 is 1.52 bits per heavy atom. The number of hydrogen-bond donors (Lipinski definition) is 1. The number of aryl methyl sites for hydroxylation is 2. The van der Waals surface area contributed by atoms with Crippen LogP contribution in [0.25, 0.3) is 0 Å². The third-order valence-electron chi connectivity index (χ3n) is 4.05. The van der Waals surface area contributed by atoms with Crippen LogP contribution in [0.5, 0.6) is 0 Å². The number of carbonyl (C=O) groups is 1. The molecule has 2 rings (SSSR count). The smallest absolute Gasteiger partial charge is 0.317 e. The molecule has 1 aliphatic heterocycles. The predicted molar refractivity (Wildman–Crippen MR) is 92.6 cm³/mol. The Labute approximate surface area is 142 Å². The van der Waals surface area contributed by atoms with Crippen molar-refractivity contribution in [1.82, 2.24) is 15.2 Å². The summed E-state index contributed by atoms with van der Waals surface area (Å²) >= 11 is 1.65. The van der Waals surface area contributed by atoms with E-state index in [2.05, 4.69) is 10.3 Å². The highest BCUT2D eigenvalue weighted by atomic mass is 32.2. The van der Waals surface area contributed by atoms with Gasteiger partial charge in [0.05, 0.1) is 17.0 Å². The van der Waals surface area contributed by atoms with Crippen molar-refractivity contribution in [3.63, 3.8) is 0 Å². The number of aromatic nitrogens is 1. The Bertz CT molecular complexity index is 628. The Morgan fingerprint density at radius 2 is 2.30 bits per heavy atom. The van der Waals surface area contributed by atoms with Crippen LogP contribution in [-0.4, -0.2) is 56.0 Å². The van der Waals surface area contributed by atoms with Crippen molar-refractivity contribution >= 4 is 27.2 Å². The number of nitrogens with zero attached hydrogens (tertiary/aromatic N) is 2. The van der Waals surface area contributed by atoms with E-state index in [1.165, 1.54) is 11.1 Å². The molecule has 8 heteroatoms. The zero-order chi connectivity index (χ0) is 16.9. The van der Waals surface area contributed by atoms with E-state index in [4.69, 9.17) is 0 Å². The summed E-state index contributed by atoms with van der Waals surface area (Å²) in [5, 5.41) is 2.94. The maximum Gasteiger partial charge on any atom is 0.317 e. The van der Waals surface area contributed by atoms with E-state index < -0.39 is 9.84 Å². The van der Waals surface area contributed by atoms with Gasteiger partial charge in [-0.15, -0.1) is 11.3 Å². The molecule has 1 aromatic rings. The highest BCUT2D eigenvalue weighted by molar-refractivity contribution is 7.90. The van der Waals surface area contributed by atoms with E-state index >= 15 is 0 Å². The quantitative estimate of drug-likeness (QED) is 0.786. The summed E-state index contributed by atoms with van der Waals surface area (Å²) in [7, 11) is -2.99. The largest absolute Gasteiger partial charge is 0.338 e. The molecule has 0 aromatic carbocycles. The maximum absolute atomic E-state index is 12.2. The number of sulfone groups is 1. The number of carbonyl (C=O) groups excluding carboxylic acids is 1. The topological polar surface area (TPSA) is 79.4 Å². The molecule has 0 unspecified atom stereocenters. The number of thiazole rings is 1. The first-order valence-corrected chi connectivity index (χ1v) is 10.9. The molecule has 6 nitrogen and oxygen atoms in total. The van der Waals surface area contributed by atoms with Crippen molar-refractivity contribution in [2.45, 2.75) is 32.6 Å². The number of rotatable bonds is 6. The van der Waals surface area contributed by atoms with Crippen molar-refractivity contribution in [3.05, 3.63) is 16.1 Å². The molecular weight excluding hydrogens is 334 g/mol. The Morgan fingerprint density at radius 3 is 2.96 bits per heavy atom. The summed E-state index contributed by atoms with van der Waals surface area (Å²) in [5.74, 6) is 0.228. The van der Waals surface area contributed by atoms with Crippen molar-refractivity contribution < 1.29 is 13.2 Å². The minimum absolute atomic E-state index is 0.0596. The van der Waals surface area contributed by atoms with E-state index in [-0.39, 0.29) is 17.7 Å². The van der Waals surface area contributed by atoms with Crippen LogP contribution in [-0.2, 0) is 16.3 Å². The van der Waals surface area contributed by atoms with E-state index in [0.717, 1.165) is 31.4 Å². The molecule has 1 aliphatic rings. The number of likely N-dealkylation sites (tertiary alicyclic amines) is 1. The summed E-state index contributed by atoms with van der Waals surface area (Å²) in [6, 6.07) is -0.0794. The van der Waals surface area contributed by atoms with Gasteiger partial charge in [0.15, 0.2) is 0 Å². The van der Waals surface area contributed by atoms with Crippen LogP contribution in [0.3, 0.4) is 0 Å². The number of piperidine rings is 1. The molecule has 1 N–H and O–H groups in total. The Hall–Kier alpha value is -1.15. The van der Waals surface area contributed by atoms with Crippen LogP contribution < -0.4 is 5.32 Å². The van der Waals surface area contributed by atoms with E-state index in [1.54, 1.807) is 16.2 Å².